The largest absolute Gasteiger partial charge is 0.488 e. The first kappa shape index (κ1) is 19.6. The summed E-state index contributed by atoms with van der Waals surface area (Å²) in [6.07, 6.45) is 0.00516. The molecule has 1 amide bonds. The molecule has 1 aliphatic rings. The lowest BCUT2D eigenvalue weighted by atomic mass is 10.1. The molecule has 1 heterocycles. The SMILES string of the molecule is CCc1cc(Br)ccc1O[C@H]1C[C@@H](C(=O)O)N(C(=O)OC(C)(C)C)C1. The molecule has 1 aromatic rings. The maximum atomic E-state index is 12.3. The van der Waals surface area contributed by atoms with Gasteiger partial charge in [0.25, 0.3) is 0 Å². The summed E-state index contributed by atoms with van der Waals surface area (Å²) in [6, 6.07) is 4.77. The number of carboxylic acids is 1. The highest BCUT2D eigenvalue weighted by atomic mass is 79.9. The Labute approximate surface area is 156 Å². The topological polar surface area (TPSA) is 76.1 Å². The monoisotopic (exact) mass is 413 g/mol. The standard InChI is InChI=1S/C18H24BrNO5/c1-5-11-8-12(19)6-7-15(11)24-13-9-14(16(21)22)20(10-13)17(23)25-18(2,3)4/h6-8,13-14H,5,9-10H2,1-4H3,(H,21,22)/t13-,14-/m0/s1. The Morgan fingerprint density at radius 2 is 2.04 bits per heavy atom. The Morgan fingerprint density at radius 3 is 2.60 bits per heavy atom. The molecule has 1 aliphatic heterocycles. The van der Waals surface area contributed by atoms with Crippen molar-refractivity contribution < 1.29 is 24.2 Å². The Hall–Kier alpha value is -1.76. The third kappa shape index (κ3) is 5.11. The number of nitrogens with zero attached hydrogens (tertiary/aromatic N) is 1. The fraction of sp³-hybridized carbons (Fsp3) is 0.556. The van der Waals surface area contributed by atoms with Crippen LogP contribution in [0.2, 0.25) is 0 Å². The maximum absolute atomic E-state index is 12.3. The van der Waals surface area contributed by atoms with Gasteiger partial charge in [-0.3, -0.25) is 4.90 Å². The van der Waals surface area contributed by atoms with Gasteiger partial charge in [0, 0.05) is 10.9 Å². The molecular weight excluding hydrogens is 390 g/mol. The molecule has 138 valence electrons. The number of rotatable bonds is 4. The van der Waals surface area contributed by atoms with Crippen LogP contribution in [0, 0.1) is 0 Å². The molecule has 0 unspecified atom stereocenters. The molecule has 0 aliphatic carbocycles. The normalized spacial score (nSPS) is 20.4. The van der Waals surface area contributed by atoms with Crippen LogP contribution in [0.3, 0.4) is 0 Å². The summed E-state index contributed by atoms with van der Waals surface area (Å²) >= 11 is 3.43. The van der Waals surface area contributed by atoms with E-state index < -0.39 is 23.7 Å². The predicted octanol–water partition coefficient (Wildman–Crippen LogP) is 3.85. The van der Waals surface area contributed by atoms with E-state index in [9.17, 15) is 14.7 Å². The maximum Gasteiger partial charge on any atom is 0.411 e. The summed E-state index contributed by atoms with van der Waals surface area (Å²) in [6.45, 7) is 7.46. The van der Waals surface area contributed by atoms with Gasteiger partial charge in [-0.15, -0.1) is 0 Å². The summed E-state index contributed by atoms with van der Waals surface area (Å²) in [5.41, 5.74) is 0.345. The van der Waals surface area contributed by atoms with Gasteiger partial charge in [-0.2, -0.15) is 0 Å². The van der Waals surface area contributed by atoms with Gasteiger partial charge in [0.2, 0.25) is 0 Å². The molecule has 6 nitrogen and oxygen atoms in total. The van der Waals surface area contributed by atoms with Crippen molar-refractivity contribution in [1.82, 2.24) is 4.90 Å². The van der Waals surface area contributed by atoms with Crippen molar-refractivity contribution in [3.8, 4) is 5.75 Å². The van der Waals surface area contributed by atoms with E-state index in [-0.39, 0.29) is 19.1 Å². The molecule has 1 saturated heterocycles. The first-order chi connectivity index (χ1) is 11.6. The number of aryl methyl sites for hydroxylation is 1. The average molecular weight is 414 g/mol. The second kappa shape index (κ2) is 7.64. The summed E-state index contributed by atoms with van der Waals surface area (Å²) < 4.78 is 12.3. The second-order valence-corrected chi connectivity index (χ2v) is 7.98. The van der Waals surface area contributed by atoms with Gasteiger partial charge in [-0.1, -0.05) is 22.9 Å². The van der Waals surface area contributed by atoms with E-state index >= 15 is 0 Å². The highest BCUT2D eigenvalue weighted by Crippen LogP contribution is 2.29. The number of ether oxygens (including phenoxy) is 2. The average Bonchev–Trinajstić information content (AvgIpc) is 2.91. The summed E-state index contributed by atoms with van der Waals surface area (Å²) in [7, 11) is 0. The summed E-state index contributed by atoms with van der Waals surface area (Å²) in [5.74, 6) is -0.339. The van der Waals surface area contributed by atoms with Gasteiger partial charge in [0.1, 0.15) is 23.5 Å². The Balaban J connectivity index is 2.14. The van der Waals surface area contributed by atoms with Gasteiger partial charge >= 0.3 is 12.1 Å². The van der Waals surface area contributed by atoms with Crippen LogP contribution in [0.25, 0.3) is 0 Å². The van der Waals surface area contributed by atoms with Crippen LogP contribution < -0.4 is 4.74 Å². The lowest BCUT2D eigenvalue weighted by Crippen LogP contribution is -2.43. The molecule has 0 bridgehead atoms. The zero-order chi connectivity index (χ0) is 18.8. The van der Waals surface area contributed by atoms with Crippen LogP contribution >= 0.6 is 15.9 Å². The van der Waals surface area contributed by atoms with E-state index in [2.05, 4.69) is 15.9 Å². The highest BCUT2D eigenvalue weighted by molar-refractivity contribution is 9.10. The van der Waals surface area contributed by atoms with E-state index in [1.165, 1.54) is 4.90 Å². The third-order valence-electron chi connectivity index (χ3n) is 3.87. The van der Waals surface area contributed by atoms with Crippen LogP contribution in [-0.4, -0.2) is 46.4 Å². The number of aliphatic carboxylic acids is 1. The highest BCUT2D eigenvalue weighted by Gasteiger charge is 2.42. The van der Waals surface area contributed by atoms with E-state index in [1.54, 1.807) is 20.8 Å². The minimum atomic E-state index is -1.05. The molecule has 0 radical (unpaired) electrons. The van der Waals surface area contributed by atoms with Crippen LogP contribution in [0.5, 0.6) is 5.75 Å². The van der Waals surface area contributed by atoms with Crippen molar-refractivity contribution >= 4 is 28.0 Å². The number of hydrogen-bond donors (Lipinski definition) is 1. The number of carbonyl (C=O) groups is 2. The number of halogens is 1. The molecule has 0 aromatic heterocycles. The number of carbonyl (C=O) groups excluding carboxylic acids is 1. The first-order valence-electron chi connectivity index (χ1n) is 8.28. The molecular formula is C18H24BrNO5. The molecule has 1 aromatic carbocycles. The van der Waals surface area contributed by atoms with Gasteiger partial charge in [0.05, 0.1) is 6.54 Å². The van der Waals surface area contributed by atoms with Gasteiger partial charge < -0.3 is 14.6 Å². The minimum absolute atomic E-state index is 0.186. The number of benzene rings is 1. The van der Waals surface area contributed by atoms with Gasteiger partial charge in [0.15, 0.2) is 0 Å². The predicted molar refractivity (Wildman–Crippen MR) is 96.9 cm³/mol. The third-order valence-corrected chi connectivity index (χ3v) is 4.37. The van der Waals surface area contributed by atoms with Crippen LogP contribution in [0.4, 0.5) is 4.79 Å². The lowest BCUT2D eigenvalue weighted by Gasteiger charge is -2.26. The van der Waals surface area contributed by atoms with Crippen molar-refractivity contribution in [2.45, 2.75) is 58.3 Å². The van der Waals surface area contributed by atoms with Crippen molar-refractivity contribution in [2.24, 2.45) is 0 Å². The number of amides is 1. The molecule has 1 N–H and O–H groups in total. The zero-order valence-electron chi connectivity index (χ0n) is 14.9. The van der Waals surface area contributed by atoms with Crippen LogP contribution in [0.15, 0.2) is 22.7 Å². The molecule has 0 saturated carbocycles. The fourth-order valence-electron chi connectivity index (χ4n) is 2.76. The molecule has 2 atom stereocenters. The van der Waals surface area contributed by atoms with Gasteiger partial charge in [-0.05, 0) is 51.0 Å². The molecule has 7 heteroatoms. The number of likely N-dealkylation sites (tertiary alicyclic amines) is 1. The lowest BCUT2D eigenvalue weighted by molar-refractivity contribution is -0.142. The Morgan fingerprint density at radius 1 is 1.36 bits per heavy atom. The van der Waals surface area contributed by atoms with E-state index in [1.807, 2.05) is 25.1 Å². The minimum Gasteiger partial charge on any atom is -0.488 e. The summed E-state index contributed by atoms with van der Waals surface area (Å²) in [4.78, 5) is 25.1. The van der Waals surface area contributed by atoms with Crippen LogP contribution in [0.1, 0.15) is 39.7 Å². The van der Waals surface area contributed by atoms with Crippen molar-refractivity contribution in [3.05, 3.63) is 28.2 Å². The van der Waals surface area contributed by atoms with Crippen molar-refractivity contribution in [1.29, 1.82) is 0 Å². The molecule has 2 rings (SSSR count). The van der Waals surface area contributed by atoms with E-state index in [4.69, 9.17) is 9.47 Å². The number of carboxylic acid groups (broad SMARTS) is 1. The zero-order valence-corrected chi connectivity index (χ0v) is 16.5. The Kier molecular flexibility index (Phi) is 5.98. The number of hydrogen-bond acceptors (Lipinski definition) is 4. The fourth-order valence-corrected chi connectivity index (χ4v) is 3.17. The van der Waals surface area contributed by atoms with E-state index in [0.717, 1.165) is 16.5 Å². The molecule has 1 fully saturated rings. The molecule has 0 spiro atoms. The summed E-state index contributed by atoms with van der Waals surface area (Å²) in [5, 5.41) is 9.44. The quantitative estimate of drug-likeness (QED) is 0.810. The smallest absolute Gasteiger partial charge is 0.411 e. The van der Waals surface area contributed by atoms with Crippen molar-refractivity contribution in [3.63, 3.8) is 0 Å². The first-order valence-corrected chi connectivity index (χ1v) is 9.07. The van der Waals surface area contributed by atoms with Crippen LogP contribution in [-0.2, 0) is 16.0 Å². The molecule has 25 heavy (non-hydrogen) atoms. The van der Waals surface area contributed by atoms with Gasteiger partial charge in [-0.25, -0.2) is 9.59 Å². The Bertz CT molecular complexity index is 655. The van der Waals surface area contributed by atoms with E-state index in [0.29, 0.717) is 5.75 Å². The second-order valence-electron chi connectivity index (χ2n) is 7.07. The van der Waals surface area contributed by atoms with Crippen molar-refractivity contribution in [2.75, 3.05) is 6.54 Å².